The predicted molar refractivity (Wildman–Crippen MR) is 93.4 cm³/mol. The van der Waals surface area contributed by atoms with E-state index >= 15 is 0 Å². The number of piperidine rings is 1. The third-order valence-electron chi connectivity index (χ3n) is 5.31. The number of amides is 5. The molecule has 0 spiro atoms. The third kappa shape index (κ3) is 2.73. The van der Waals surface area contributed by atoms with Gasteiger partial charge in [-0.2, -0.15) is 0 Å². The molecule has 0 radical (unpaired) electrons. The number of carbonyl (C=O) groups excluding carboxylic acids is 3. The Morgan fingerprint density at radius 3 is 2.58 bits per heavy atom. The van der Waals surface area contributed by atoms with Gasteiger partial charge in [0, 0.05) is 26.2 Å². The van der Waals surface area contributed by atoms with Gasteiger partial charge in [0.15, 0.2) is 6.17 Å². The highest BCUT2D eigenvalue weighted by Gasteiger charge is 2.62. The highest BCUT2D eigenvalue weighted by atomic mass is 16.5. The van der Waals surface area contributed by atoms with Crippen LogP contribution in [0.1, 0.15) is 26.7 Å². The second kappa shape index (κ2) is 7.20. The van der Waals surface area contributed by atoms with E-state index in [4.69, 9.17) is 4.74 Å². The summed E-state index contributed by atoms with van der Waals surface area (Å²) in [6.45, 7) is 6.24. The van der Waals surface area contributed by atoms with E-state index in [1.54, 1.807) is 6.34 Å². The Labute approximate surface area is 152 Å². The van der Waals surface area contributed by atoms with E-state index in [2.05, 4.69) is 15.6 Å². The first-order valence-electron chi connectivity index (χ1n) is 9.02. The number of rotatable bonds is 4. The van der Waals surface area contributed by atoms with Gasteiger partial charge in [-0.05, 0) is 39.8 Å². The summed E-state index contributed by atoms with van der Waals surface area (Å²) in [5.41, 5.74) is -1.64. The fourth-order valence-electron chi connectivity index (χ4n) is 3.81. The number of methoxy groups -OCH3 is 1. The molecule has 2 N–H and O–H groups in total. The Hall–Kier alpha value is -2.20. The summed E-state index contributed by atoms with van der Waals surface area (Å²) >= 11 is 0. The lowest BCUT2D eigenvalue weighted by Gasteiger charge is -2.47. The molecule has 26 heavy (non-hydrogen) atoms. The number of aliphatic imine (C=N–C) groups is 1. The van der Waals surface area contributed by atoms with Gasteiger partial charge in [-0.25, -0.2) is 19.5 Å². The van der Waals surface area contributed by atoms with Crippen molar-refractivity contribution in [3.8, 4) is 0 Å². The lowest BCUT2D eigenvalue weighted by atomic mass is 10.0. The number of carbonyl (C=O) groups is 3. The van der Waals surface area contributed by atoms with Gasteiger partial charge in [0.05, 0.1) is 6.34 Å². The van der Waals surface area contributed by atoms with Crippen LogP contribution in [0.3, 0.4) is 0 Å². The Morgan fingerprint density at radius 1 is 1.35 bits per heavy atom. The minimum atomic E-state index is -1.64. The Morgan fingerprint density at radius 2 is 2.00 bits per heavy atom. The van der Waals surface area contributed by atoms with Crippen LogP contribution in [0.15, 0.2) is 4.99 Å². The normalized spacial score (nSPS) is 29.0. The first-order chi connectivity index (χ1) is 12.5. The van der Waals surface area contributed by atoms with Crippen LogP contribution in [0.4, 0.5) is 9.59 Å². The molecule has 0 saturated carbocycles. The van der Waals surface area contributed by atoms with Crippen molar-refractivity contribution in [3.05, 3.63) is 0 Å². The molecule has 2 atom stereocenters. The number of hydrogen-bond acceptors (Lipinski definition) is 7. The van der Waals surface area contributed by atoms with Crippen LogP contribution in [0.25, 0.3) is 0 Å². The van der Waals surface area contributed by atoms with Crippen molar-refractivity contribution in [1.82, 2.24) is 25.3 Å². The van der Waals surface area contributed by atoms with E-state index in [1.165, 1.54) is 12.0 Å². The smallest absolute Gasteiger partial charge is 0.334 e. The maximum absolute atomic E-state index is 13.0. The zero-order valence-electron chi connectivity index (χ0n) is 15.4. The number of fused-ring (bicyclic) bond motifs is 1. The summed E-state index contributed by atoms with van der Waals surface area (Å²) in [6.07, 6.45) is 2.27. The van der Waals surface area contributed by atoms with E-state index in [0.29, 0.717) is 13.1 Å². The highest BCUT2D eigenvalue weighted by molar-refractivity contribution is 6.09. The van der Waals surface area contributed by atoms with Crippen molar-refractivity contribution in [2.45, 2.75) is 44.6 Å². The summed E-state index contributed by atoms with van der Waals surface area (Å²) in [6, 6.07) is -1.14. The summed E-state index contributed by atoms with van der Waals surface area (Å²) in [5, 5.41) is 5.51. The lowest BCUT2D eigenvalue weighted by molar-refractivity contribution is -0.158. The maximum atomic E-state index is 13.0. The Kier molecular flexibility index (Phi) is 5.15. The predicted octanol–water partition coefficient (Wildman–Crippen LogP) is -0.235. The number of imide groups is 2. The molecule has 144 valence electrons. The van der Waals surface area contributed by atoms with Gasteiger partial charge in [0.2, 0.25) is 0 Å². The Bertz CT molecular complexity index is 616. The highest BCUT2D eigenvalue weighted by Crippen LogP contribution is 2.36. The number of hydrogen-bond donors (Lipinski definition) is 2. The molecule has 0 bridgehead atoms. The van der Waals surface area contributed by atoms with E-state index in [9.17, 15) is 14.4 Å². The molecule has 2 fully saturated rings. The van der Waals surface area contributed by atoms with Gasteiger partial charge < -0.3 is 19.9 Å². The summed E-state index contributed by atoms with van der Waals surface area (Å²) in [7, 11) is 1.37. The molecular formula is C16H26N6O4. The molecule has 3 heterocycles. The fraction of sp³-hybridized carbons (Fsp3) is 0.750. The van der Waals surface area contributed by atoms with Crippen LogP contribution in [0, 0.1) is 0 Å². The molecule has 0 aliphatic carbocycles. The van der Waals surface area contributed by atoms with Gasteiger partial charge in [-0.3, -0.25) is 10.1 Å². The third-order valence-corrected chi connectivity index (χ3v) is 5.31. The molecule has 3 aliphatic heterocycles. The summed E-state index contributed by atoms with van der Waals surface area (Å²) < 4.78 is 5.48. The van der Waals surface area contributed by atoms with Crippen LogP contribution in [-0.2, 0) is 9.53 Å². The van der Waals surface area contributed by atoms with Crippen molar-refractivity contribution >= 4 is 24.3 Å². The minimum absolute atomic E-state index is 0.0627. The van der Waals surface area contributed by atoms with E-state index in [-0.39, 0.29) is 6.04 Å². The van der Waals surface area contributed by atoms with Gasteiger partial charge in [0.25, 0.3) is 11.6 Å². The molecule has 3 rings (SSSR count). The molecule has 2 saturated heterocycles. The molecule has 10 heteroatoms. The van der Waals surface area contributed by atoms with E-state index in [1.807, 2.05) is 18.7 Å². The lowest BCUT2D eigenvalue weighted by Crippen LogP contribution is -2.75. The fourth-order valence-corrected chi connectivity index (χ4v) is 3.81. The Balaban J connectivity index is 2.00. The standard InChI is InChI=1S/C16H26N6O4/c1-4-20(5-2)15(25)22-13-16(26-3,12(23)19-14(22)24)18-10-21(13)11-6-8-17-9-7-11/h10-11,13,17H,4-9H2,1-3H3,(H,19,23,24). The van der Waals surface area contributed by atoms with Crippen molar-refractivity contribution in [1.29, 1.82) is 0 Å². The second-order valence-corrected chi connectivity index (χ2v) is 6.53. The molecule has 0 aromatic heterocycles. The first kappa shape index (κ1) is 18.6. The van der Waals surface area contributed by atoms with Crippen molar-refractivity contribution in [2.24, 2.45) is 4.99 Å². The van der Waals surface area contributed by atoms with Gasteiger partial charge in [-0.15, -0.1) is 0 Å². The number of nitrogens with zero attached hydrogens (tertiary/aromatic N) is 4. The number of nitrogens with one attached hydrogen (secondary N) is 2. The molecule has 0 aromatic carbocycles. The minimum Gasteiger partial charge on any atom is -0.346 e. The summed E-state index contributed by atoms with van der Waals surface area (Å²) in [5.74, 6) is -0.647. The molecule has 10 nitrogen and oxygen atoms in total. The van der Waals surface area contributed by atoms with Crippen LogP contribution in [0.2, 0.25) is 0 Å². The summed E-state index contributed by atoms with van der Waals surface area (Å²) in [4.78, 5) is 47.0. The SMILES string of the molecule is CCN(CC)C(=O)N1C(=O)NC(=O)C2(OC)N=CN(C3CCNCC3)C12. The van der Waals surface area contributed by atoms with Gasteiger partial charge >= 0.3 is 12.1 Å². The van der Waals surface area contributed by atoms with E-state index in [0.717, 1.165) is 30.8 Å². The second-order valence-electron chi connectivity index (χ2n) is 6.53. The molecule has 5 amide bonds. The van der Waals surface area contributed by atoms with Crippen LogP contribution >= 0.6 is 0 Å². The topological polar surface area (TPSA) is 107 Å². The monoisotopic (exact) mass is 366 g/mol. The van der Waals surface area contributed by atoms with Crippen LogP contribution in [0.5, 0.6) is 0 Å². The molecule has 2 unspecified atom stereocenters. The average molecular weight is 366 g/mol. The number of ether oxygens (including phenoxy) is 1. The van der Waals surface area contributed by atoms with Crippen molar-refractivity contribution < 1.29 is 19.1 Å². The maximum Gasteiger partial charge on any atom is 0.334 e. The number of urea groups is 2. The quantitative estimate of drug-likeness (QED) is 0.712. The zero-order chi connectivity index (χ0) is 18.9. The van der Waals surface area contributed by atoms with Crippen LogP contribution < -0.4 is 10.6 Å². The molecular weight excluding hydrogens is 340 g/mol. The largest absolute Gasteiger partial charge is 0.346 e. The molecule has 0 aromatic rings. The zero-order valence-corrected chi connectivity index (χ0v) is 15.4. The van der Waals surface area contributed by atoms with Gasteiger partial charge in [-0.1, -0.05) is 0 Å². The van der Waals surface area contributed by atoms with Gasteiger partial charge in [0.1, 0.15) is 0 Å². The first-order valence-corrected chi connectivity index (χ1v) is 9.02. The van der Waals surface area contributed by atoms with E-state index < -0.39 is 29.9 Å². The average Bonchev–Trinajstić information content (AvgIpc) is 3.04. The van der Waals surface area contributed by atoms with Crippen molar-refractivity contribution in [2.75, 3.05) is 33.3 Å². The van der Waals surface area contributed by atoms with Crippen LogP contribution in [-0.4, -0.2) is 90.2 Å². The van der Waals surface area contributed by atoms with Crippen molar-refractivity contribution in [3.63, 3.8) is 0 Å². The molecule has 3 aliphatic rings.